The highest BCUT2D eigenvalue weighted by Gasteiger charge is 2.16. The zero-order valence-corrected chi connectivity index (χ0v) is 14.7. The third-order valence-corrected chi connectivity index (χ3v) is 4.57. The summed E-state index contributed by atoms with van der Waals surface area (Å²) in [4.78, 5) is 27.0. The molecule has 4 rings (SSSR count). The SMILES string of the molecule is O=C(O)Cc1ccc(Nc2c(C(=O)O)cnc3c2ccc2ccccc23)cc1. The number of carboxylic acids is 2. The van der Waals surface area contributed by atoms with Crippen LogP contribution in [0, 0.1) is 0 Å². The number of nitrogens with one attached hydrogen (secondary N) is 1. The molecule has 3 N–H and O–H groups in total. The second-order valence-electron chi connectivity index (χ2n) is 6.43. The van der Waals surface area contributed by atoms with Crippen molar-refractivity contribution in [3.05, 3.63) is 78.0 Å². The number of aromatic carboxylic acids is 1. The molecule has 0 aliphatic rings. The van der Waals surface area contributed by atoms with E-state index in [1.165, 1.54) is 6.20 Å². The number of rotatable bonds is 5. The fourth-order valence-corrected chi connectivity index (χ4v) is 3.26. The van der Waals surface area contributed by atoms with Gasteiger partial charge in [0.25, 0.3) is 0 Å². The van der Waals surface area contributed by atoms with Gasteiger partial charge in [-0.05, 0) is 23.1 Å². The Hall–Kier alpha value is -3.93. The van der Waals surface area contributed by atoms with E-state index in [2.05, 4.69) is 10.3 Å². The van der Waals surface area contributed by atoms with Crippen molar-refractivity contribution in [2.75, 3.05) is 5.32 Å². The quantitative estimate of drug-likeness (QED) is 0.447. The van der Waals surface area contributed by atoms with Crippen LogP contribution >= 0.6 is 0 Å². The second-order valence-corrected chi connectivity index (χ2v) is 6.43. The molecule has 0 unspecified atom stereocenters. The molecule has 0 spiro atoms. The van der Waals surface area contributed by atoms with Crippen molar-refractivity contribution in [1.29, 1.82) is 0 Å². The molecule has 0 bridgehead atoms. The topological polar surface area (TPSA) is 99.5 Å². The first-order valence-corrected chi connectivity index (χ1v) is 8.64. The minimum absolute atomic E-state index is 0.0646. The van der Waals surface area contributed by atoms with Crippen LogP contribution in [0.2, 0.25) is 0 Å². The summed E-state index contributed by atoms with van der Waals surface area (Å²) in [5.74, 6) is -1.98. The summed E-state index contributed by atoms with van der Waals surface area (Å²) >= 11 is 0. The number of aliphatic carboxylic acids is 1. The molecule has 0 atom stereocenters. The van der Waals surface area contributed by atoms with Gasteiger partial charge in [0.15, 0.2) is 0 Å². The lowest BCUT2D eigenvalue weighted by Crippen LogP contribution is -2.05. The second kappa shape index (κ2) is 7.00. The number of carboxylic acid groups (broad SMARTS) is 2. The van der Waals surface area contributed by atoms with Crippen molar-refractivity contribution in [2.24, 2.45) is 0 Å². The molecule has 6 heteroatoms. The molecule has 0 saturated heterocycles. The number of pyridine rings is 1. The summed E-state index contributed by atoms with van der Waals surface area (Å²) in [5, 5.41) is 24.3. The van der Waals surface area contributed by atoms with E-state index in [0.29, 0.717) is 27.8 Å². The number of hydrogen-bond acceptors (Lipinski definition) is 4. The van der Waals surface area contributed by atoms with Crippen LogP contribution in [0.3, 0.4) is 0 Å². The van der Waals surface area contributed by atoms with E-state index in [-0.39, 0.29) is 12.0 Å². The molecule has 0 fully saturated rings. The molecule has 1 heterocycles. The first-order chi connectivity index (χ1) is 13.5. The van der Waals surface area contributed by atoms with Crippen LogP contribution in [0.4, 0.5) is 11.4 Å². The van der Waals surface area contributed by atoms with Gasteiger partial charge < -0.3 is 15.5 Å². The van der Waals surface area contributed by atoms with Gasteiger partial charge >= 0.3 is 11.9 Å². The third-order valence-electron chi connectivity index (χ3n) is 4.57. The fraction of sp³-hybridized carbons (Fsp3) is 0.0455. The number of benzene rings is 3. The zero-order valence-electron chi connectivity index (χ0n) is 14.7. The van der Waals surface area contributed by atoms with Crippen molar-refractivity contribution in [1.82, 2.24) is 4.98 Å². The molecule has 0 radical (unpaired) electrons. The maximum atomic E-state index is 11.7. The Kier molecular flexibility index (Phi) is 4.37. The Labute approximate surface area is 160 Å². The molecule has 28 heavy (non-hydrogen) atoms. The Morgan fingerprint density at radius 3 is 2.36 bits per heavy atom. The number of carbonyl (C=O) groups is 2. The molecule has 6 nitrogen and oxygen atoms in total. The molecule has 0 amide bonds. The normalized spacial score (nSPS) is 10.9. The molecule has 0 aliphatic heterocycles. The highest BCUT2D eigenvalue weighted by atomic mass is 16.4. The van der Waals surface area contributed by atoms with E-state index in [9.17, 15) is 14.7 Å². The number of anilines is 2. The summed E-state index contributed by atoms with van der Waals surface area (Å²) in [7, 11) is 0. The van der Waals surface area contributed by atoms with Crippen LogP contribution in [-0.2, 0) is 11.2 Å². The maximum absolute atomic E-state index is 11.7. The van der Waals surface area contributed by atoms with Gasteiger partial charge in [0.1, 0.15) is 5.56 Å². The first kappa shape index (κ1) is 17.5. The van der Waals surface area contributed by atoms with E-state index in [1.807, 2.05) is 36.4 Å². The predicted octanol–water partition coefficient (Wildman–Crippen LogP) is 4.46. The largest absolute Gasteiger partial charge is 0.481 e. The fourth-order valence-electron chi connectivity index (χ4n) is 3.26. The first-order valence-electron chi connectivity index (χ1n) is 8.64. The molecular weight excluding hydrogens is 356 g/mol. The van der Waals surface area contributed by atoms with Crippen LogP contribution in [0.15, 0.2) is 66.9 Å². The minimum atomic E-state index is -1.08. The van der Waals surface area contributed by atoms with E-state index in [4.69, 9.17) is 5.11 Å². The molecule has 138 valence electrons. The third kappa shape index (κ3) is 3.23. The molecule has 0 saturated carbocycles. The highest BCUT2D eigenvalue weighted by molar-refractivity contribution is 6.13. The Morgan fingerprint density at radius 2 is 1.64 bits per heavy atom. The summed E-state index contributed by atoms with van der Waals surface area (Å²) in [6, 6.07) is 18.5. The Morgan fingerprint density at radius 1 is 0.893 bits per heavy atom. The summed E-state index contributed by atoms with van der Waals surface area (Å²) in [5.41, 5.74) is 2.57. The van der Waals surface area contributed by atoms with Crippen LogP contribution < -0.4 is 5.32 Å². The van der Waals surface area contributed by atoms with Crippen molar-refractivity contribution < 1.29 is 19.8 Å². The van der Waals surface area contributed by atoms with Crippen LogP contribution in [0.25, 0.3) is 21.7 Å². The minimum Gasteiger partial charge on any atom is -0.481 e. The summed E-state index contributed by atoms with van der Waals surface area (Å²) < 4.78 is 0. The number of fused-ring (bicyclic) bond motifs is 3. The Bertz CT molecular complexity index is 1220. The summed E-state index contributed by atoms with van der Waals surface area (Å²) in [6.07, 6.45) is 1.29. The van der Waals surface area contributed by atoms with Gasteiger partial charge in [-0.2, -0.15) is 0 Å². The zero-order chi connectivity index (χ0) is 19.7. The molecule has 4 aromatic rings. The van der Waals surface area contributed by atoms with E-state index < -0.39 is 11.9 Å². The van der Waals surface area contributed by atoms with E-state index >= 15 is 0 Å². The Balaban J connectivity index is 1.84. The maximum Gasteiger partial charge on any atom is 0.339 e. The van der Waals surface area contributed by atoms with Crippen molar-refractivity contribution in [3.8, 4) is 0 Å². The average Bonchev–Trinajstić information content (AvgIpc) is 2.68. The molecule has 1 aromatic heterocycles. The van der Waals surface area contributed by atoms with Crippen molar-refractivity contribution in [3.63, 3.8) is 0 Å². The van der Waals surface area contributed by atoms with Gasteiger partial charge in [0.05, 0.1) is 17.6 Å². The van der Waals surface area contributed by atoms with E-state index in [1.54, 1.807) is 24.3 Å². The van der Waals surface area contributed by atoms with Gasteiger partial charge in [-0.1, -0.05) is 48.5 Å². The summed E-state index contributed by atoms with van der Waals surface area (Å²) in [6.45, 7) is 0. The predicted molar refractivity (Wildman–Crippen MR) is 107 cm³/mol. The number of nitrogens with zero attached hydrogens (tertiary/aromatic N) is 1. The van der Waals surface area contributed by atoms with Gasteiger partial charge in [0, 0.05) is 22.7 Å². The molecular formula is C22H16N2O4. The van der Waals surface area contributed by atoms with Gasteiger partial charge in [0.2, 0.25) is 0 Å². The van der Waals surface area contributed by atoms with Crippen LogP contribution in [-0.4, -0.2) is 27.1 Å². The van der Waals surface area contributed by atoms with Crippen molar-refractivity contribution in [2.45, 2.75) is 6.42 Å². The lowest BCUT2D eigenvalue weighted by atomic mass is 10.0. The molecule has 3 aromatic carbocycles. The van der Waals surface area contributed by atoms with Crippen molar-refractivity contribution >= 4 is 45.0 Å². The smallest absolute Gasteiger partial charge is 0.339 e. The standard InChI is InChI=1S/C22H16N2O4/c25-19(26)11-13-5-8-15(9-6-13)24-21-17-10-7-14-3-1-2-4-16(14)20(17)23-12-18(21)22(27)28/h1-10,12H,11H2,(H,23,24)(H,25,26)(H,27,28). The molecule has 0 aliphatic carbocycles. The van der Waals surface area contributed by atoms with Gasteiger partial charge in [-0.3, -0.25) is 9.78 Å². The lowest BCUT2D eigenvalue weighted by molar-refractivity contribution is -0.136. The monoisotopic (exact) mass is 372 g/mol. The number of hydrogen-bond donors (Lipinski definition) is 3. The van der Waals surface area contributed by atoms with E-state index in [0.717, 1.165) is 10.8 Å². The van der Waals surface area contributed by atoms with Crippen LogP contribution in [0.1, 0.15) is 15.9 Å². The highest BCUT2D eigenvalue weighted by Crippen LogP contribution is 2.33. The van der Waals surface area contributed by atoms with Gasteiger partial charge in [-0.25, -0.2) is 4.79 Å². The van der Waals surface area contributed by atoms with Gasteiger partial charge in [-0.15, -0.1) is 0 Å². The average molecular weight is 372 g/mol. The van der Waals surface area contributed by atoms with Crippen LogP contribution in [0.5, 0.6) is 0 Å². The number of aromatic nitrogens is 1. The lowest BCUT2D eigenvalue weighted by Gasteiger charge is -2.14.